The summed E-state index contributed by atoms with van der Waals surface area (Å²) in [5.41, 5.74) is -0.425. The van der Waals surface area contributed by atoms with E-state index in [4.69, 9.17) is 5.11 Å². The highest BCUT2D eigenvalue weighted by Crippen LogP contribution is 2.04. The highest BCUT2D eigenvalue weighted by atomic mass is 16.4. The van der Waals surface area contributed by atoms with Crippen LogP contribution < -0.4 is 11.0 Å². The molecule has 8 heteroatoms. The number of nitrogens with one attached hydrogen (secondary N) is 1. The van der Waals surface area contributed by atoms with Gasteiger partial charge in [0.15, 0.2) is 0 Å². The maximum atomic E-state index is 11.7. The Labute approximate surface area is 110 Å². The predicted octanol–water partition coefficient (Wildman–Crippen LogP) is -0.803. The summed E-state index contributed by atoms with van der Waals surface area (Å²) < 4.78 is 2.21. The standard InChI is InChI=1S/C11H18N4O4/c1-7(2)4-8(10(17)18)13-9(16)5-15-11(19)14(3)6-12-15/h6-8H,4-5H2,1-3H3,(H,13,16)(H,17,18)/t8-/m1/s1. The van der Waals surface area contributed by atoms with E-state index in [9.17, 15) is 14.4 Å². The molecule has 1 aromatic rings. The largest absolute Gasteiger partial charge is 0.480 e. The van der Waals surface area contributed by atoms with Gasteiger partial charge in [-0.25, -0.2) is 14.3 Å². The van der Waals surface area contributed by atoms with Crippen molar-refractivity contribution in [2.75, 3.05) is 0 Å². The molecule has 0 aliphatic heterocycles. The van der Waals surface area contributed by atoms with Crippen LogP contribution in [0.3, 0.4) is 0 Å². The molecule has 19 heavy (non-hydrogen) atoms. The van der Waals surface area contributed by atoms with Crippen molar-refractivity contribution in [2.24, 2.45) is 13.0 Å². The second kappa shape index (κ2) is 6.17. The second-order valence-electron chi connectivity index (χ2n) is 4.77. The van der Waals surface area contributed by atoms with Crippen LogP contribution >= 0.6 is 0 Å². The normalized spacial score (nSPS) is 12.4. The molecule has 0 bridgehead atoms. The molecule has 1 heterocycles. The molecule has 0 aliphatic rings. The third kappa shape index (κ3) is 4.23. The van der Waals surface area contributed by atoms with E-state index in [2.05, 4.69) is 10.4 Å². The Morgan fingerprint density at radius 2 is 2.11 bits per heavy atom. The lowest BCUT2D eigenvalue weighted by Gasteiger charge is -2.16. The number of aromatic nitrogens is 3. The van der Waals surface area contributed by atoms with Gasteiger partial charge in [-0.15, -0.1) is 0 Å². The first-order chi connectivity index (χ1) is 8.81. The molecule has 0 aromatic carbocycles. The van der Waals surface area contributed by atoms with Crippen LogP contribution in [0.5, 0.6) is 0 Å². The Balaban J connectivity index is 2.65. The molecule has 0 spiro atoms. The van der Waals surface area contributed by atoms with E-state index < -0.39 is 23.6 Å². The molecule has 0 unspecified atom stereocenters. The zero-order valence-electron chi connectivity index (χ0n) is 11.2. The van der Waals surface area contributed by atoms with Crippen LogP contribution in [0.15, 0.2) is 11.1 Å². The molecular formula is C11H18N4O4. The maximum absolute atomic E-state index is 11.7. The Morgan fingerprint density at radius 3 is 2.53 bits per heavy atom. The molecule has 0 radical (unpaired) electrons. The topological polar surface area (TPSA) is 106 Å². The van der Waals surface area contributed by atoms with Gasteiger partial charge in [0.2, 0.25) is 5.91 Å². The SMILES string of the molecule is CC(C)C[C@@H](NC(=O)Cn1ncn(C)c1=O)C(=O)O. The number of carboxylic acid groups (broad SMARTS) is 1. The fourth-order valence-corrected chi connectivity index (χ4v) is 1.60. The van der Waals surface area contributed by atoms with Gasteiger partial charge >= 0.3 is 11.7 Å². The van der Waals surface area contributed by atoms with Gasteiger partial charge in [0.25, 0.3) is 0 Å². The molecular weight excluding hydrogens is 252 g/mol. The van der Waals surface area contributed by atoms with E-state index in [0.29, 0.717) is 6.42 Å². The molecule has 1 amide bonds. The van der Waals surface area contributed by atoms with Gasteiger partial charge in [-0.1, -0.05) is 13.8 Å². The number of hydrogen-bond donors (Lipinski definition) is 2. The lowest BCUT2D eigenvalue weighted by Crippen LogP contribution is -2.44. The summed E-state index contributed by atoms with van der Waals surface area (Å²) in [7, 11) is 1.52. The number of aryl methyl sites for hydroxylation is 1. The third-order valence-corrected chi connectivity index (χ3v) is 2.52. The Bertz CT molecular complexity index is 517. The van der Waals surface area contributed by atoms with Crippen molar-refractivity contribution in [1.29, 1.82) is 0 Å². The Kier molecular flexibility index (Phi) is 4.85. The van der Waals surface area contributed by atoms with Crippen LogP contribution in [0.1, 0.15) is 20.3 Å². The summed E-state index contributed by atoms with van der Waals surface area (Å²) >= 11 is 0. The van der Waals surface area contributed by atoms with E-state index in [1.165, 1.54) is 17.9 Å². The number of rotatable bonds is 6. The van der Waals surface area contributed by atoms with Crippen molar-refractivity contribution in [3.05, 3.63) is 16.8 Å². The van der Waals surface area contributed by atoms with E-state index in [1.54, 1.807) is 0 Å². The molecule has 1 atom stereocenters. The molecule has 0 aliphatic carbocycles. The van der Waals surface area contributed by atoms with Crippen LogP contribution in [0.2, 0.25) is 0 Å². The smallest absolute Gasteiger partial charge is 0.345 e. The number of hydrogen-bond acceptors (Lipinski definition) is 4. The fraction of sp³-hybridized carbons (Fsp3) is 0.636. The van der Waals surface area contributed by atoms with Crippen LogP contribution in [-0.2, 0) is 23.2 Å². The number of carbonyl (C=O) groups excluding carboxylic acids is 1. The highest BCUT2D eigenvalue weighted by Gasteiger charge is 2.21. The second-order valence-corrected chi connectivity index (χ2v) is 4.77. The molecule has 1 aromatic heterocycles. The zero-order chi connectivity index (χ0) is 14.6. The zero-order valence-corrected chi connectivity index (χ0v) is 11.2. The van der Waals surface area contributed by atoms with Crippen molar-refractivity contribution < 1.29 is 14.7 Å². The van der Waals surface area contributed by atoms with Crippen LogP contribution in [0, 0.1) is 5.92 Å². The first kappa shape index (κ1) is 14.9. The lowest BCUT2D eigenvalue weighted by molar-refractivity contribution is -0.142. The average molecular weight is 270 g/mol. The Hall–Kier alpha value is -2.12. The molecule has 106 valence electrons. The van der Waals surface area contributed by atoms with E-state index in [1.807, 2.05) is 13.8 Å². The van der Waals surface area contributed by atoms with E-state index >= 15 is 0 Å². The van der Waals surface area contributed by atoms with Crippen molar-refractivity contribution in [3.8, 4) is 0 Å². The van der Waals surface area contributed by atoms with Crippen LogP contribution in [0.4, 0.5) is 0 Å². The molecule has 0 saturated heterocycles. The minimum absolute atomic E-state index is 0.138. The van der Waals surface area contributed by atoms with E-state index in [-0.39, 0.29) is 12.5 Å². The molecule has 8 nitrogen and oxygen atoms in total. The van der Waals surface area contributed by atoms with Gasteiger partial charge in [0, 0.05) is 7.05 Å². The molecule has 1 rings (SSSR count). The van der Waals surface area contributed by atoms with Crippen molar-refractivity contribution in [1.82, 2.24) is 19.7 Å². The van der Waals surface area contributed by atoms with Gasteiger partial charge in [-0.2, -0.15) is 5.10 Å². The number of nitrogens with zero attached hydrogens (tertiary/aromatic N) is 3. The first-order valence-electron chi connectivity index (χ1n) is 5.92. The summed E-state index contributed by atoms with van der Waals surface area (Å²) in [5.74, 6) is -1.50. The minimum Gasteiger partial charge on any atom is -0.480 e. The average Bonchev–Trinajstić information content (AvgIpc) is 2.59. The summed E-state index contributed by atoms with van der Waals surface area (Å²) in [4.78, 5) is 34.1. The molecule has 0 saturated carbocycles. The summed E-state index contributed by atoms with van der Waals surface area (Å²) in [6.45, 7) is 3.44. The van der Waals surface area contributed by atoms with Crippen molar-refractivity contribution >= 4 is 11.9 Å². The van der Waals surface area contributed by atoms with Crippen LogP contribution in [0.25, 0.3) is 0 Å². The van der Waals surface area contributed by atoms with Gasteiger partial charge in [-0.05, 0) is 12.3 Å². The number of amides is 1. The summed E-state index contributed by atoms with van der Waals surface area (Å²) in [6.07, 6.45) is 1.62. The number of aliphatic carboxylic acids is 1. The van der Waals surface area contributed by atoms with Gasteiger partial charge in [-0.3, -0.25) is 9.36 Å². The van der Waals surface area contributed by atoms with Gasteiger partial charge < -0.3 is 10.4 Å². The number of carbonyl (C=O) groups is 2. The third-order valence-electron chi connectivity index (χ3n) is 2.52. The number of carboxylic acids is 1. The molecule has 0 fully saturated rings. The summed E-state index contributed by atoms with van der Waals surface area (Å²) in [5, 5.41) is 15.1. The highest BCUT2D eigenvalue weighted by molar-refractivity contribution is 5.83. The van der Waals surface area contributed by atoms with Crippen molar-refractivity contribution in [3.63, 3.8) is 0 Å². The summed E-state index contributed by atoms with van der Waals surface area (Å²) in [6, 6.07) is -0.952. The molecule has 2 N–H and O–H groups in total. The quantitative estimate of drug-likeness (QED) is 0.703. The van der Waals surface area contributed by atoms with E-state index in [0.717, 1.165) is 4.68 Å². The Morgan fingerprint density at radius 1 is 1.47 bits per heavy atom. The first-order valence-corrected chi connectivity index (χ1v) is 5.92. The van der Waals surface area contributed by atoms with Crippen LogP contribution in [-0.4, -0.2) is 37.4 Å². The maximum Gasteiger partial charge on any atom is 0.345 e. The van der Waals surface area contributed by atoms with Crippen molar-refractivity contribution in [2.45, 2.75) is 32.9 Å². The minimum atomic E-state index is -1.09. The van der Waals surface area contributed by atoms with Gasteiger partial charge in [0.1, 0.15) is 18.9 Å². The van der Waals surface area contributed by atoms with Gasteiger partial charge in [0.05, 0.1) is 0 Å². The monoisotopic (exact) mass is 270 g/mol. The lowest BCUT2D eigenvalue weighted by atomic mass is 10.0. The predicted molar refractivity (Wildman–Crippen MR) is 66.5 cm³/mol. The fourth-order valence-electron chi connectivity index (χ4n) is 1.60.